The number of carbonyl (C=O) groups is 2. The van der Waals surface area contributed by atoms with Crippen LogP contribution in [0.1, 0.15) is 23.7 Å². The van der Waals surface area contributed by atoms with Gasteiger partial charge in [0, 0.05) is 47.1 Å². The number of ketones is 1. The molecule has 8 heteroatoms. The van der Waals surface area contributed by atoms with Crippen LogP contribution in [0.5, 0.6) is 0 Å². The number of para-hydroxylation sites is 1. The number of nitrogens with zero attached hydrogens (tertiary/aromatic N) is 1. The number of Topliss-reactive ketones (excluding diaryl/α,β-unsaturated/α-hetero) is 1. The fourth-order valence-corrected chi connectivity index (χ4v) is 4.53. The van der Waals surface area contributed by atoms with E-state index in [0.717, 1.165) is 54.0 Å². The lowest BCUT2D eigenvalue weighted by Gasteiger charge is -2.27. The van der Waals surface area contributed by atoms with Gasteiger partial charge in [0.15, 0.2) is 5.78 Å². The van der Waals surface area contributed by atoms with Crippen molar-refractivity contribution in [2.45, 2.75) is 23.1 Å². The summed E-state index contributed by atoms with van der Waals surface area (Å²) < 4.78 is 10.3. The first-order chi connectivity index (χ1) is 14.6. The van der Waals surface area contributed by atoms with E-state index >= 15 is 0 Å². The summed E-state index contributed by atoms with van der Waals surface area (Å²) in [5.41, 5.74) is 3.02. The highest BCUT2D eigenvalue weighted by atomic mass is 32.2. The Bertz CT molecular complexity index is 944. The highest BCUT2D eigenvalue weighted by molar-refractivity contribution is 7.99. The lowest BCUT2D eigenvalue weighted by atomic mass is 10.0. The Morgan fingerprint density at radius 3 is 2.83 bits per heavy atom. The van der Waals surface area contributed by atoms with Crippen molar-refractivity contribution in [3.05, 3.63) is 42.0 Å². The highest BCUT2D eigenvalue weighted by Crippen LogP contribution is 2.46. The molecule has 0 aliphatic carbocycles. The first-order valence-corrected chi connectivity index (χ1v) is 10.9. The van der Waals surface area contributed by atoms with Crippen LogP contribution in [0.4, 0.5) is 21.9 Å². The maximum atomic E-state index is 13.0. The van der Waals surface area contributed by atoms with Crippen molar-refractivity contribution in [2.24, 2.45) is 0 Å². The highest BCUT2D eigenvalue weighted by Gasteiger charge is 2.22. The van der Waals surface area contributed by atoms with E-state index in [1.165, 1.54) is 0 Å². The van der Waals surface area contributed by atoms with E-state index in [9.17, 15) is 9.59 Å². The molecule has 2 aromatic rings. The smallest absolute Gasteiger partial charge is 0.411 e. The molecular formula is C22H25N3O4S. The van der Waals surface area contributed by atoms with Crippen molar-refractivity contribution in [1.29, 1.82) is 0 Å². The molecule has 0 unspecified atom stereocenters. The molecule has 7 nitrogen and oxygen atoms in total. The van der Waals surface area contributed by atoms with Gasteiger partial charge in [-0.25, -0.2) is 4.79 Å². The van der Waals surface area contributed by atoms with Crippen LogP contribution in [-0.4, -0.2) is 56.2 Å². The largest absolute Gasteiger partial charge is 0.450 e. The van der Waals surface area contributed by atoms with Gasteiger partial charge in [-0.2, -0.15) is 0 Å². The van der Waals surface area contributed by atoms with Gasteiger partial charge in [-0.3, -0.25) is 15.0 Å². The molecule has 0 bridgehead atoms. The van der Waals surface area contributed by atoms with Crippen LogP contribution in [0.15, 0.2) is 46.2 Å². The number of fused-ring (bicyclic) bond motifs is 2. The van der Waals surface area contributed by atoms with E-state index in [1.807, 2.05) is 36.4 Å². The van der Waals surface area contributed by atoms with Gasteiger partial charge in [-0.15, -0.1) is 0 Å². The Balaban J connectivity index is 1.49. The van der Waals surface area contributed by atoms with Crippen LogP contribution in [0.2, 0.25) is 0 Å². The van der Waals surface area contributed by atoms with E-state index in [4.69, 9.17) is 9.47 Å². The number of hydrogen-bond donors (Lipinski definition) is 2. The van der Waals surface area contributed by atoms with Crippen molar-refractivity contribution < 1.29 is 19.1 Å². The molecule has 1 fully saturated rings. The molecule has 1 saturated heterocycles. The van der Waals surface area contributed by atoms with E-state index < -0.39 is 6.09 Å². The van der Waals surface area contributed by atoms with Crippen molar-refractivity contribution >= 4 is 40.7 Å². The first-order valence-electron chi connectivity index (χ1n) is 10.1. The Morgan fingerprint density at radius 1 is 1.20 bits per heavy atom. The minimum absolute atomic E-state index is 0.121. The fourth-order valence-electron chi connectivity index (χ4n) is 3.53. The quantitative estimate of drug-likeness (QED) is 0.566. The third kappa shape index (κ3) is 4.77. The molecule has 4 rings (SSSR count). The summed E-state index contributed by atoms with van der Waals surface area (Å²) in [4.78, 5) is 29.0. The summed E-state index contributed by atoms with van der Waals surface area (Å²) in [5.74, 6) is 0.121. The van der Waals surface area contributed by atoms with Crippen molar-refractivity contribution in [2.75, 3.05) is 50.1 Å². The van der Waals surface area contributed by atoms with Gasteiger partial charge < -0.3 is 14.8 Å². The van der Waals surface area contributed by atoms with Crippen LogP contribution in [0, 0.1) is 0 Å². The second-order valence-electron chi connectivity index (χ2n) is 7.09. The zero-order valence-electron chi connectivity index (χ0n) is 16.9. The number of nitrogens with one attached hydrogen (secondary N) is 2. The average Bonchev–Trinajstić information content (AvgIpc) is 2.76. The topological polar surface area (TPSA) is 79.9 Å². The molecule has 0 atom stereocenters. The lowest BCUT2D eigenvalue weighted by molar-refractivity contribution is 0.0370. The van der Waals surface area contributed by atoms with Crippen LogP contribution < -0.4 is 10.6 Å². The van der Waals surface area contributed by atoms with E-state index in [0.29, 0.717) is 24.3 Å². The molecule has 0 radical (unpaired) electrons. The predicted octanol–water partition coefficient (Wildman–Crippen LogP) is 4.37. The molecule has 158 valence electrons. The Kier molecular flexibility index (Phi) is 6.56. The van der Waals surface area contributed by atoms with Crippen molar-refractivity contribution in [3.8, 4) is 0 Å². The minimum Gasteiger partial charge on any atom is -0.450 e. The molecule has 2 aromatic carbocycles. The standard InChI is InChI=1S/C22H25N3O4S/c1-2-29-22(27)23-15-6-7-19-17(14-15)24-21-16(4-3-5-20(21)30-19)18(26)8-9-25-10-12-28-13-11-25/h3-7,14,24H,2,8-13H2,1H3,(H,23,27). The summed E-state index contributed by atoms with van der Waals surface area (Å²) in [6, 6.07) is 11.5. The van der Waals surface area contributed by atoms with Gasteiger partial charge >= 0.3 is 6.09 Å². The summed E-state index contributed by atoms with van der Waals surface area (Å²) in [7, 11) is 0. The van der Waals surface area contributed by atoms with Crippen molar-refractivity contribution in [3.63, 3.8) is 0 Å². The Hall–Kier alpha value is -2.55. The lowest BCUT2D eigenvalue weighted by Crippen LogP contribution is -2.37. The number of amides is 1. The molecule has 0 spiro atoms. The predicted molar refractivity (Wildman–Crippen MR) is 117 cm³/mol. The molecular weight excluding hydrogens is 402 g/mol. The molecule has 30 heavy (non-hydrogen) atoms. The van der Waals surface area contributed by atoms with Gasteiger partial charge in [0.1, 0.15) is 0 Å². The van der Waals surface area contributed by atoms with E-state index in [-0.39, 0.29) is 5.78 Å². The van der Waals surface area contributed by atoms with Gasteiger partial charge in [-0.1, -0.05) is 17.8 Å². The zero-order valence-corrected chi connectivity index (χ0v) is 17.7. The monoisotopic (exact) mass is 427 g/mol. The fraction of sp³-hybridized carbons (Fsp3) is 0.364. The Morgan fingerprint density at radius 2 is 2.03 bits per heavy atom. The number of benzene rings is 2. The summed E-state index contributed by atoms with van der Waals surface area (Å²) in [5, 5.41) is 6.12. The number of morpholine rings is 1. The van der Waals surface area contributed by atoms with Crippen LogP contribution in [0.25, 0.3) is 0 Å². The number of ether oxygens (including phenoxy) is 2. The summed E-state index contributed by atoms with van der Waals surface area (Å²) in [6.45, 7) is 6.02. The summed E-state index contributed by atoms with van der Waals surface area (Å²) >= 11 is 1.61. The normalized spacial score (nSPS) is 15.5. The molecule has 2 aliphatic heterocycles. The van der Waals surface area contributed by atoms with Gasteiger partial charge in [-0.05, 0) is 37.3 Å². The van der Waals surface area contributed by atoms with E-state index in [1.54, 1.807) is 18.7 Å². The maximum Gasteiger partial charge on any atom is 0.411 e. The van der Waals surface area contributed by atoms with Crippen molar-refractivity contribution in [1.82, 2.24) is 4.90 Å². The van der Waals surface area contributed by atoms with Crippen LogP contribution >= 0.6 is 11.8 Å². The molecule has 1 amide bonds. The molecule has 2 aliphatic rings. The molecule has 0 aromatic heterocycles. The second kappa shape index (κ2) is 9.51. The van der Waals surface area contributed by atoms with Gasteiger partial charge in [0.25, 0.3) is 0 Å². The number of anilines is 3. The minimum atomic E-state index is -0.486. The molecule has 2 N–H and O–H groups in total. The number of carbonyl (C=O) groups excluding carboxylic acids is 2. The van der Waals surface area contributed by atoms with Crippen LogP contribution in [-0.2, 0) is 9.47 Å². The third-order valence-electron chi connectivity index (χ3n) is 5.07. The Labute approximate surface area is 180 Å². The second-order valence-corrected chi connectivity index (χ2v) is 8.17. The SMILES string of the molecule is CCOC(=O)Nc1ccc2c(c1)Nc1c(cccc1C(=O)CCN1CCOCC1)S2. The number of hydrogen-bond acceptors (Lipinski definition) is 7. The molecule has 0 saturated carbocycles. The maximum absolute atomic E-state index is 13.0. The summed E-state index contributed by atoms with van der Waals surface area (Å²) in [6.07, 6.45) is -0.0135. The van der Waals surface area contributed by atoms with Crippen LogP contribution in [0.3, 0.4) is 0 Å². The van der Waals surface area contributed by atoms with Gasteiger partial charge in [0.2, 0.25) is 0 Å². The van der Waals surface area contributed by atoms with E-state index in [2.05, 4.69) is 15.5 Å². The zero-order chi connectivity index (χ0) is 20.9. The number of rotatable bonds is 6. The average molecular weight is 428 g/mol. The first kappa shape index (κ1) is 20.7. The molecule has 2 heterocycles. The third-order valence-corrected chi connectivity index (χ3v) is 6.20. The van der Waals surface area contributed by atoms with Gasteiger partial charge in [0.05, 0.1) is 31.2 Å².